The Kier molecular flexibility index (Phi) is 3.15. The third-order valence-electron chi connectivity index (χ3n) is 6.30. The van der Waals surface area contributed by atoms with Gasteiger partial charge in [-0.1, -0.05) is 11.6 Å². The minimum Gasteiger partial charge on any atom is -0.443 e. The summed E-state index contributed by atoms with van der Waals surface area (Å²) in [6, 6.07) is 0. The van der Waals surface area contributed by atoms with E-state index in [4.69, 9.17) is 14.2 Å². The molecule has 1 saturated heterocycles. The van der Waals surface area contributed by atoms with E-state index in [1.54, 1.807) is 13.2 Å². The molecular formula is C20H24O5. The number of ether oxygens (including phenoxy) is 3. The van der Waals surface area contributed by atoms with Crippen LogP contribution in [0.2, 0.25) is 0 Å². The summed E-state index contributed by atoms with van der Waals surface area (Å²) in [6.07, 6.45) is 7.82. The van der Waals surface area contributed by atoms with Crippen LogP contribution in [0.1, 0.15) is 40.5 Å². The fourth-order valence-electron chi connectivity index (χ4n) is 5.24. The lowest BCUT2D eigenvalue weighted by Crippen LogP contribution is -2.74. The van der Waals surface area contributed by atoms with E-state index in [9.17, 15) is 9.59 Å². The third kappa shape index (κ3) is 1.75. The Bertz CT molecular complexity index is 769. The Morgan fingerprint density at radius 1 is 1.32 bits per heavy atom. The van der Waals surface area contributed by atoms with Crippen LogP contribution >= 0.6 is 0 Å². The number of ketones is 1. The number of hydrogen-bond acceptors (Lipinski definition) is 5. The summed E-state index contributed by atoms with van der Waals surface area (Å²) < 4.78 is 18.2. The SMILES string of the molecule is CO[C@@]12C=C3C=CC(=O)O[C@@]34C[C@@H]1C(C)(C)OC2(CC=C(C)C)C4=O. The molecule has 1 spiro atoms. The maximum Gasteiger partial charge on any atom is 0.332 e. The van der Waals surface area contributed by atoms with Gasteiger partial charge in [0, 0.05) is 37.5 Å². The highest BCUT2D eigenvalue weighted by molar-refractivity contribution is 6.06. The number of Topliss-reactive ketones (excluding diaryl/α,β-unsaturated/α-hetero) is 1. The fourth-order valence-corrected chi connectivity index (χ4v) is 5.24. The van der Waals surface area contributed by atoms with Gasteiger partial charge in [-0.3, -0.25) is 4.79 Å². The van der Waals surface area contributed by atoms with Crippen molar-refractivity contribution in [3.8, 4) is 0 Å². The topological polar surface area (TPSA) is 61.8 Å². The minimum absolute atomic E-state index is 0.0867. The summed E-state index contributed by atoms with van der Waals surface area (Å²) in [7, 11) is 1.64. The molecule has 2 fully saturated rings. The van der Waals surface area contributed by atoms with E-state index in [0.29, 0.717) is 18.4 Å². The van der Waals surface area contributed by atoms with E-state index in [1.165, 1.54) is 6.08 Å². The van der Waals surface area contributed by atoms with Crippen LogP contribution < -0.4 is 0 Å². The average molecular weight is 344 g/mol. The van der Waals surface area contributed by atoms with Gasteiger partial charge in [-0.2, -0.15) is 0 Å². The van der Waals surface area contributed by atoms with E-state index < -0.39 is 28.4 Å². The van der Waals surface area contributed by atoms with Crippen LogP contribution in [0.15, 0.2) is 35.5 Å². The predicted octanol–water partition coefficient (Wildman–Crippen LogP) is 2.66. The van der Waals surface area contributed by atoms with Gasteiger partial charge in [-0.05, 0) is 39.8 Å². The smallest absolute Gasteiger partial charge is 0.332 e. The van der Waals surface area contributed by atoms with Crippen molar-refractivity contribution >= 4 is 11.8 Å². The zero-order valence-electron chi connectivity index (χ0n) is 15.3. The molecule has 1 saturated carbocycles. The van der Waals surface area contributed by atoms with E-state index >= 15 is 0 Å². The van der Waals surface area contributed by atoms with Crippen molar-refractivity contribution in [3.63, 3.8) is 0 Å². The number of carbonyl (C=O) groups excluding carboxylic acids is 2. The molecule has 5 aliphatic rings. The second-order valence-corrected chi connectivity index (χ2v) is 8.28. The molecule has 5 rings (SSSR count). The van der Waals surface area contributed by atoms with Gasteiger partial charge in [-0.25, -0.2) is 4.79 Å². The molecule has 2 heterocycles. The second-order valence-electron chi connectivity index (χ2n) is 8.28. The lowest BCUT2D eigenvalue weighted by molar-refractivity contribution is -0.203. The Morgan fingerprint density at radius 3 is 2.68 bits per heavy atom. The van der Waals surface area contributed by atoms with Crippen LogP contribution in [0.3, 0.4) is 0 Å². The molecule has 0 radical (unpaired) electrons. The standard InChI is InChI=1S/C20H24O5/c1-12(2)8-9-19-16(22)18-11-14(17(3,4)25-19)20(19,23-5)10-13(18)6-7-15(21)24-18/h6-8,10,14H,9,11H2,1-5H3/t14-,18+,19?,20+/m1/s1. The number of rotatable bonds is 3. The van der Waals surface area contributed by atoms with Crippen LogP contribution in [-0.2, 0) is 23.8 Å². The van der Waals surface area contributed by atoms with Crippen molar-refractivity contribution in [1.29, 1.82) is 0 Å². The monoisotopic (exact) mass is 344 g/mol. The molecule has 4 atom stereocenters. The largest absolute Gasteiger partial charge is 0.443 e. The zero-order chi connectivity index (χ0) is 18.3. The summed E-state index contributed by atoms with van der Waals surface area (Å²) in [5.41, 5.74) is -2.04. The molecule has 0 N–H and O–H groups in total. The van der Waals surface area contributed by atoms with Gasteiger partial charge in [0.05, 0.1) is 5.60 Å². The lowest BCUT2D eigenvalue weighted by atomic mass is 9.51. The van der Waals surface area contributed by atoms with Crippen molar-refractivity contribution in [3.05, 3.63) is 35.5 Å². The van der Waals surface area contributed by atoms with Crippen molar-refractivity contribution < 1.29 is 23.8 Å². The van der Waals surface area contributed by atoms with E-state index in [1.807, 2.05) is 39.8 Å². The average Bonchev–Trinajstić information content (AvgIpc) is 2.71. The third-order valence-corrected chi connectivity index (χ3v) is 6.30. The molecule has 0 amide bonds. The normalized spacial score (nSPS) is 42.8. The van der Waals surface area contributed by atoms with Crippen molar-refractivity contribution in [2.45, 2.75) is 62.9 Å². The zero-order valence-corrected chi connectivity index (χ0v) is 15.3. The van der Waals surface area contributed by atoms with Crippen molar-refractivity contribution in [1.82, 2.24) is 0 Å². The maximum atomic E-state index is 13.7. The van der Waals surface area contributed by atoms with Crippen molar-refractivity contribution in [2.24, 2.45) is 5.92 Å². The molecule has 3 aliphatic carbocycles. The summed E-state index contributed by atoms with van der Waals surface area (Å²) in [5.74, 6) is -0.764. The molecule has 2 aliphatic heterocycles. The summed E-state index contributed by atoms with van der Waals surface area (Å²) in [4.78, 5) is 25.7. The minimum atomic E-state index is -1.25. The van der Waals surface area contributed by atoms with Gasteiger partial charge in [-0.15, -0.1) is 0 Å². The van der Waals surface area contributed by atoms with E-state index in [-0.39, 0.29) is 11.7 Å². The molecule has 25 heavy (non-hydrogen) atoms. The number of allylic oxidation sites excluding steroid dienone is 1. The first-order chi connectivity index (χ1) is 11.6. The van der Waals surface area contributed by atoms with E-state index in [0.717, 1.165) is 5.57 Å². The second kappa shape index (κ2) is 4.71. The highest BCUT2D eigenvalue weighted by atomic mass is 16.6. The maximum absolute atomic E-state index is 13.7. The summed E-state index contributed by atoms with van der Waals surface area (Å²) >= 11 is 0. The lowest BCUT2D eigenvalue weighted by Gasteiger charge is -2.57. The van der Waals surface area contributed by atoms with Crippen molar-refractivity contribution in [2.75, 3.05) is 7.11 Å². The Morgan fingerprint density at radius 2 is 2.04 bits per heavy atom. The van der Waals surface area contributed by atoms with Gasteiger partial charge in [0.2, 0.25) is 5.78 Å². The molecule has 134 valence electrons. The molecule has 5 heteroatoms. The van der Waals surface area contributed by atoms with Gasteiger partial charge in [0.1, 0.15) is 5.60 Å². The molecule has 1 unspecified atom stereocenters. The summed E-state index contributed by atoms with van der Waals surface area (Å²) in [5, 5.41) is 0. The van der Waals surface area contributed by atoms with E-state index in [2.05, 4.69) is 0 Å². The van der Waals surface area contributed by atoms with Crippen LogP contribution in [0.5, 0.6) is 0 Å². The molecule has 4 bridgehead atoms. The summed E-state index contributed by atoms with van der Waals surface area (Å²) in [6.45, 7) is 7.95. The van der Waals surface area contributed by atoms with Crippen LogP contribution in [0.25, 0.3) is 0 Å². The first-order valence-electron chi connectivity index (χ1n) is 8.71. The first-order valence-corrected chi connectivity index (χ1v) is 8.71. The predicted molar refractivity (Wildman–Crippen MR) is 90.8 cm³/mol. The number of esters is 1. The van der Waals surface area contributed by atoms with Crippen LogP contribution in [-0.4, -0.2) is 41.3 Å². The first kappa shape index (κ1) is 16.7. The molecule has 0 aromatic rings. The molecule has 5 nitrogen and oxygen atoms in total. The molecule has 0 aromatic heterocycles. The van der Waals surface area contributed by atoms with Gasteiger partial charge >= 0.3 is 5.97 Å². The number of methoxy groups -OCH3 is 1. The highest BCUT2D eigenvalue weighted by Gasteiger charge is 2.82. The number of carbonyl (C=O) groups is 2. The highest BCUT2D eigenvalue weighted by Crippen LogP contribution is 2.67. The molecule has 0 aromatic carbocycles. The fraction of sp³-hybridized carbons (Fsp3) is 0.600. The Hall–Kier alpha value is -1.72. The Balaban J connectivity index is 2.01. The Labute approximate surface area is 147 Å². The number of hydrogen-bond donors (Lipinski definition) is 0. The van der Waals surface area contributed by atoms with Gasteiger partial charge in [0.25, 0.3) is 0 Å². The van der Waals surface area contributed by atoms with Gasteiger partial charge in [0.15, 0.2) is 11.2 Å². The van der Waals surface area contributed by atoms with Gasteiger partial charge < -0.3 is 14.2 Å². The molecular weight excluding hydrogens is 320 g/mol. The van der Waals surface area contributed by atoms with Crippen LogP contribution in [0, 0.1) is 5.92 Å². The van der Waals surface area contributed by atoms with Crippen LogP contribution in [0.4, 0.5) is 0 Å². The quantitative estimate of drug-likeness (QED) is 0.582.